The number of nitrogens with zero attached hydrogens (tertiary/aromatic N) is 7. The Bertz CT molecular complexity index is 690. The second-order valence-corrected chi connectivity index (χ2v) is 4.91. The van der Waals surface area contributed by atoms with Gasteiger partial charge in [-0.25, -0.2) is 14.3 Å². The van der Waals surface area contributed by atoms with Gasteiger partial charge in [0.15, 0.2) is 5.82 Å². The molecule has 0 saturated heterocycles. The maximum absolute atomic E-state index is 5.06. The molecular weight excluding hydrogens is 282 g/mol. The van der Waals surface area contributed by atoms with Gasteiger partial charge in [-0.05, 0) is 21.6 Å². The molecular formula is C14H17N7O. The molecule has 1 aromatic carbocycles. The Morgan fingerprint density at radius 3 is 2.55 bits per heavy atom. The molecule has 0 N–H and O–H groups in total. The first kappa shape index (κ1) is 14.3. The third kappa shape index (κ3) is 3.53. The number of aromatic nitrogens is 7. The molecule has 8 nitrogen and oxygen atoms in total. The van der Waals surface area contributed by atoms with Gasteiger partial charge < -0.3 is 4.74 Å². The summed E-state index contributed by atoms with van der Waals surface area (Å²) in [4.78, 5) is 3.94. The van der Waals surface area contributed by atoms with Crippen molar-refractivity contribution in [1.29, 1.82) is 0 Å². The topological polar surface area (TPSA) is 83.5 Å². The van der Waals surface area contributed by atoms with Crippen LogP contribution in [0.2, 0.25) is 0 Å². The molecule has 0 bridgehead atoms. The Kier molecular flexibility index (Phi) is 4.50. The number of hydrogen-bond acceptors (Lipinski definition) is 6. The zero-order valence-electron chi connectivity index (χ0n) is 12.3. The number of hydrogen-bond donors (Lipinski definition) is 0. The van der Waals surface area contributed by atoms with E-state index in [1.54, 1.807) is 22.8 Å². The second-order valence-electron chi connectivity index (χ2n) is 4.91. The summed E-state index contributed by atoms with van der Waals surface area (Å²) in [6.45, 7) is 1.97. The quantitative estimate of drug-likeness (QED) is 0.633. The summed E-state index contributed by atoms with van der Waals surface area (Å²) in [5.74, 6) is 0.827. The van der Waals surface area contributed by atoms with Crippen molar-refractivity contribution in [1.82, 2.24) is 35.0 Å². The van der Waals surface area contributed by atoms with E-state index in [1.807, 2.05) is 0 Å². The van der Waals surface area contributed by atoms with Gasteiger partial charge in [0.1, 0.15) is 12.7 Å². The molecule has 0 amide bonds. The molecule has 0 saturated carbocycles. The Hall–Kier alpha value is -2.61. The minimum atomic E-state index is 0.608. The Morgan fingerprint density at radius 2 is 1.86 bits per heavy atom. The summed E-state index contributed by atoms with van der Waals surface area (Å²) >= 11 is 0. The lowest BCUT2D eigenvalue weighted by molar-refractivity contribution is 0.199. The molecule has 0 fully saturated rings. The van der Waals surface area contributed by atoms with Gasteiger partial charge in [-0.2, -0.15) is 5.10 Å². The predicted octanol–water partition coefficient (Wildman–Crippen LogP) is 0.550. The lowest BCUT2D eigenvalue weighted by Gasteiger charge is -2.06. The second kappa shape index (κ2) is 6.90. The van der Waals surface area contributed by atoms with Gasteiger partial charge in [0.25, 0.3) is 0 Å². The first-order valence-corrected chi connectivity index (χ1v) is 6.99. The monoisotopic (exact) mass is 299 g/mol. The molecule has 3 aromatic rings. The maximum atomic E-state index is 5.06. The van der Waals surface area contributed by atoms with E-state index in [0.717, 1.165) is 11.4 Å². The lowest BCUT2D eigenvalue weighted by Crippen LogP contribution is -2.09. The van der Waals surface area contributed by atoms with Gasteiger partial charge in [0.2, 0.25) is 0 Å². The summed E-state index contributed by atoms with van der Waals surface area (Å²) in [6.07, 6.45) is 3.94. The normalized spacial score (nSPS) is 11.0. The number of tetrazole rings is 1. The molecule has 8 heteroatoms. The van der Waals surface area contributed by atoms with E-state index in [0.29, 0.717) is 26.1 Å². The van der Waals surface area contributed by atoms with Gasteiger partial charge in [-0.15, -0.1) is 5.10 Å². The van der Waals surface area contributed by atoms with Crippen molar-refractivity contribution in [2.45, 2.75) is 19.5 Å². The maximum Gasteiger partial charge on any atom is 0.153 e. The van der Waals surface area contributed by atoms with Crippen molar-refractivity contribution in [2.24, 2.45) is 0 Å². The van der Waals surface area contributed by atoms with E-state index in [9.17, 15) is 0 Å². The van der Waals surface area contributed by atoms with E-state index in [2.05, 4.69) is 49.9 Å². The SMILES string of the molecule is COCCc1nnnn1Cc1ccc(Cn2cncn2)cc1. The number of benzene rings is 1. The zero-order valence-corrected chi connectivity index (χ0v) is 12.3. The fourth-order valence-corrected chi connectivity index (χ4v) is 2.14. The minimum absolute atomic E-state index is 0.608. The highest BCUT2D eigenvalue weighted by Gasteiger charge is 2.06. The van der Waals surface area contributed by atoms with Crippen molar-refractivity contribution in [3.8, 4) is 0 Å². The highest BCUT2D eigenvalue weighted by molar-refractivity contribution is 5.22. The molecule has 0 aliphatic heterocycles. The van der Waals surface area contributed by atoms with E-state index >= 15 is 0 Å². The van der Waals surface area contributed by atoms with Crippen LogP contribution in [0.5, 0.6) is 0 Å². The van der Waals surface area contributed by atoms with Crippen LogP contribution in [-0.4, -0.2) is 48.7 Å². The highest BCUT2D eigenvalue weighted by Crippen LogP contribution is 2.08. The van der Waals surface area contributed by atoms with Gasteiger partial charge in [-0.3, -0.25) is 0 Å². The summed E-state index contributed by atoms with van der Waals surface area (Å²) in [5.41, 5.74) is 2.32. The van der Waals surface area contributed by atoms with Crippen LogP contribution >= 0.6 is 0 Å². The molecule has 0 unspecified atom stereocenters. The summed E-state index contributed by atoms with van der Waals surface area (Å²) in [6, 6.07) is 8.31. The highest BCUT2D eigenvalue weighted by atomic mass is 16.5. The van der Waals surface area contributed by atoms with Crippen LogP contribution in [-0.2, 0) is 24.2 Å². The van der Waals surface area contributed by atoms with E-state index < -0.39 is 0 Å². The number of methoxy groups -OCH3 is 1. The molecule has 0 aliphatic carbocycles. The predicted molar refractivity (Wildman–Crippen MR) is 78.1 cm³/mol. The van der Waals surface area contributed by atoms with Gasteiger partial charge in [0.05, 0.1) is 19.7 Å². The fraction of sp³-hybridized carbons (Fsp3) is 0.357. The first-order chi connectivity index (χ1) is 10.8. The van der Waals surface area contributed by atoms with Gasteiger partial charge in [-0.1, -0.05) is 24.3 Å². The average molecular weight is 299 g/mol. The zero-order chi connectivity index (χ0) is 15.2. The average Bonchev–Trinajstić information content (AvgIpc) is 3.19. The molecule has 0 aliphatic rings. The molecule has 0 radical (unpaired) electrons. The minimum Gasteiger partial charge on any atom is -0.384 e. The summed E-state index contributed by atoms with van der Waals surface area (Å²) < 4.78 is 8.65. The standard InChI is InChI=1S/C14H17N7O/c1-22-7-6-14-17-18-19-21(14)9-13-4-2-12(3-5-13)8-20-11-15-10-16-20/h2-5,10-11H,6-9H2,1H3. The first-order valence-electron chi connectivity index (χ1n) is 6.99. The smallest absolute Gasteiger partial charge is 0.153 e. The van der Waals surface area contributed by atoms with Crippen LogP contribution in [0, 0.1) is 0 Å². The molecule has 0 spiro atoms. The molecule has 22 heavy (non-hydrogen) atoms. The van der Waals surface area contributed by atoms with Crippen LogP contribution in [0.4, 0.5) is 0 Å². The summed E-state index contributed by atoms with van der Waals surface area (Å²) in [7, 11) is 1.67. The lowest BCUT2D eigenvalue weighted by atomic mass is 10.1. The number of rotatable bonds is 7. The van der Waals surface area contributed by atoms with Crippen molar-refractivity contribution in [3.05, 3.63) is 53.9 Å². The Balaban J connectivity index is 1.65. The fourth-order valence-electron chi connectivity index (χ4n) is 2.14. The summed E-state index contributed by atoms with van der Waals surface area (Å²) in [5, 5.41) is 15.9. The molecule has 3 rings (SSSR count). The Morgan fingerprint density at radius 1 is 1.09 bits per heavy atom. The molecule has 0 atom stereocenters. The van der Waals surface area contributed by atoms with E-state index in [4.69, 9.17) is 4.74 Å². The van der Waals surface area contributed by atoms with E-state index in [1.165, 1.54) is 11.9 Å². The number of ether oxygens (including phenoxy) is 1. The van der Waals surface area contributed by atoms with Crippen LogP contribution in [0.25, 0.3) is 0 Å². The van der Waals surface area contributed by atoms with Crippen molar-refractivity contribution >= 4 is 0 Å². The third-order valence-corrected chi connectivity index (χ3v) is 3.30. The van der Waals surface area contributed by atoms with Crippen molar-refractivity contribution in [3.63, 3.8) is 0 Å². The van der Waals surface area contributed by atoms with Gasteiger partial charge in [0, 0.05) is 13.5 Å². The van der Waals surface area contributed by atoms with Crippen molar-refractivity contribution < 1.29 is 4.74 Å². The van der Waals surface area contributed by atoms with Crippen LogP contribution < -0.4 is 0 Å². The Labute approximate surface area is 127 Å². The van der Waals surface area contributed by atoms with Crippen LogP contribution in [0.15, 0.2) is 36.9 Å². The van der Waals surface area contributed by atoms with Crippen LogP contribution in [0.3, 0.4) is 0 Å². The molecule has 2 aromatic heterocycles. The molecule has 114 valence electrons. The van der Waals surface area contributed by atoms with Crippen molar-refractivity contribution in [2.75, 3.05) is 13.7 Å². The largest absolute Gasteiger partial charge is 0.384 e. The third-order valence-electron chi connectivity index (χ3n) is 3.30. The van der Waals surface area contributed by atoms with E-state index in [-0.39, 0.29) is 0 Å². The van der Waals surface area contributed by atoms with Gasteiger partial charge >= 0.3 is 0 Å². The molecule has 2 heterocycles. The van der Waals surface area contributed by atoms with Crippen LogP contribution in [0.1, 0.15) is 17.0 Å².